The van der Waals surface area contributed by atoms with Gasteiger partial charge in [-0.25, -0.2) is 19.7 Å². The van der Waals surface area contributed by atoms with Gasteiger partial charge in [0.05, 0.1) is 12.4 Å². The van der Waals surface area contributed by atoms with E-state index in [0.717, 1.165) is 12.8 Å². The molecule has 2 aromatic rings. The molecule has 9 heteroatoms. The molecule has 1 fully saturated rings. The second-order valence-electron chi connectivity index (χ2n) is 7.00. The van der Waals surface area contributed by atoms with Crippen molar-refractivity contribution in [2.24, 2.45) is 0 Å². The highest BCUT2D eigenvalue weighted by Gasteiger charge is 2.32. The number of H-pyrrole nitrogens is 1. The van der Waals surface area contributed by atoms with Crippen LogP contribution >= 0.6 is 0 Å². The molecule has 1 atom stereocenters. The first-order chi connectivity index (χ1) is 11.8. The first kappa shape index (κ1) is 17.1. The van der Waals surface area contributed by atoms with E-state index in [-0.39, 0.29) is 23.7 Å². The Morgan fingerprint density at radius 1 is 1.36 bits per heavy atom. The lowest BCUT2D eigenvalue weighted by molar-refractivity contribution is 0.0225. The number of nitrogens with zero attached hydrogens (tertiary/aromatic N) is 4. The zero-order valence-corrected chi connectivity index (χ0v) is 14.6. The largest absolute Gasteiger partial charge is 0.444 e. The Labute approximate surface area is 145 Å². The van der Waals surface area contributed by atoms with Crippen LogP contribution in [-0.4, -0.2) is 61.6 Å². The number of amides is 2. The van der Waals surface area contributed by atoms with Crippen LogP contribution in [0.1, 0.15) is 44.1 Å². The second kappa shape index (κ2) is 6.66. The van der Waals surface area contributed by atoms with Gasteiger partial charge in [0.15, 0.2) is 11.3 Å². The summed E-state index contributed by atoms with van der Waals surface area (Å²) in [6.45, 7) is 6.49. The van der Waals surface area contributed by atoms with Crippen LogP contribution in [0.25, 0.3) is 11.2 Å². The number of rotatable bonds is 3. The van der Waals surface area contributed by atoms with E-state index in [2.05, 4.69) is 25.3 Å². The van der Waals surface area contributed by atoms with Crippen LogP contribution in [0.4, 0.5) is 4.79 Å². The molecule has 2 N–H and O–H groups in total. The van der Waals surface area contributed by atoms with Crippen molar-refractivity contribution in [1.29, 1.82) is 0 Å². The van der Waals surface area contributed by atoms with Crippen LogP contribution in [0.2, 0.25) is 0 Å². The SMILES string of the molecule is CC(C)(C)OC(=O)N1CCCC1CNC(=O)c1ncnc2nc[nH]c12. The molecule has 1 saturated heterocycles. The summed E-state index contributed by atoms with van der Waals surface area (Å²) in [6, 6.07) is -0.0853. The molecule has 25 heavy (non-hydrogen) atoms. The van der Waals surface area contributed by atoms with Crippen molar-refractivity contribution in [2.45, 2.75) is 45.3 Å². The molecule has 0 saturated carbocycles. The van der Waals surface area contributed by atoms with Gasteiger partial charge >= 0.3 is 6.09 Å². The summed E-state index contributed by atoms with van der Waals surface area (Å²) < 4.78 is 5.43. The van der Waals surface area contributed by atoms with Gasteiger partial charge in [0.1, 0.15) is 17.4 Å². The number of nitrogens with one attached hydrogen (secondary N) is 2. The van der Waals surface area contributed by atoms with Gasteiger partial charge in [0.2, 0.25) is 0 Å². The maximum absolute atomic E-state index is 12.4. The molecule has 1 unspecified atom stereocenters. The summed E-state index contributed by atoms with van der Waals surface area (Å²) in [5.41, 5.74) is 0.636. The van der Waals surface area contributed by atoms with Crippen LogP contribution in [0.15, 0.2) is 12.7 Å². The quantitative estimate of drug-likeness (QED) is 0.870. The smallest absolute Gasteiger partial charge is 0.410 e. The Balaban J connectivity index is 1.63. The number of fused-ring (bicyclic) bond motifs is 1. The zero-order valence-electron chi connectivity index (χ0n) is 14.6. The van der Waals surface area contributed by atoms with Crippen molar-refractivity contribution < 1.29 is 14.3 Å². The third-order valence-corrected chi connectivity index (χ3v) is 3.94. The maximum atomic E-state index is 12.4. The third kappa shape index (κ3) is 3.86. The van der Waals surface area contributed by atoms with Crippen LogP contribution in [0, 0.1) is 0 Å². The highest BCUT2D eigenvalue weighted by molar-refractivity contribution is 6.01. The van der Waals surface area contributed by atoms with Gasteiger partial charge in [-0.15, -0.1) is 0 Å². The topological polar surface area (TPSA) is 113 Å². The summed E-state index contributed by atoms with van der Waals surface area (Å²) >= 11 is 0. The van der Waals surface area contributed by atoms with Crippen molar-refractivity contribution in [3.8, 4) is 0 Å². The second-order valence-corrected chi connectivity index (χ2v) is 7.00. The molecule has 3 heterocycles. The molecule has 0 radical (unpaired) electrons. The number of likely N-dealkylation sites (tertiary alicyclic amines) is 1. The van der Waals surface area contributed by atoms with Gasteiger partial charge in [-0.05, 0) is 33.6 Å². The fraction of sp³-hybridized carbons (Fsp3) is 0.562. The maximum Gasteiger partial charge on any atom is 0.410 e. The van der Waals surface area contributed by atoms with Crippen molar-refractivity contribution in [2.75, 3.05) is 13.1 Å². The molecule has 0 aliphatic carbocycles. The first-order valence-electron chi connectivity index (χ1n) is 8.27. The number of hydrogen-bond acceptors (Lipinski definition) is 6. The molecule has 9 nitrogen and oxygen atoms in total. The lowest BCUT2D eigenvalue weighted by atomic mass is 10.2. The number of carbonyl (C=O) groups is 2. The average Bonchev–Trinajstić information content (AvgIpc) is 3.19. The summed E-state index contributed by atoms with van der Waals surface area (Å²) in [4.78, 5) is 41.3. The number of aromatic nitrogens is 4. The number of carbonyl (C=O) groups excluding carboxylic acids is 2. The lowest BCUT2D eigenvalue weighted by Gasteiger charge is -2.28. The Morgan fingerprint density at radius 3 is 2.92 bits per heavy atom. The van der Waals surface area contributed by atoms with Gasteiger partial charge in [0, 0.05) is 13.1 Å². The highest BCUT2D eigenvalue weighted by atomic mass is 16.6. The summed E-state index contributed by atoms with van der Waals surface area (Å²) in [6.07, 6.45) is 4.14. The molecule has 0 spiro atoms. The predicted molar refractivity (Wildman–Crippen MR) is 90.0 cm³/mol. The Bertz CT molecular complexity index is 782. The molecular formula is C16H22N6O3. The molecule has 1 aliphatic heterocycles. The summed E-state index contributed by atoms with van der Waals surface area (Å²) in [5.74, 6) is -0.326. The minimum absolute atomic E-state index is 0.0853. The lowest BCUT2D eigenvalue weighted by Crippen LogP contribution is -2.45. The van der Waals surface area contributed by atoms with Gasteiger partial charge in [-0.3, -0.25) is 4.79 Å². The number of ether oxygens (including phenoxy) is 1. The van der Waals surface area contributed by atoms with E-state index in [1.165, 1.54) is 12.7 Å². The number of aromatic amines is 1. The van der Waals surface area contributed by atoms with Crippen molar-refractivity contribution in [1.82, 2.24) is 30.2 Å². The molecule has 0 aromatic carbocycles. The van der Waals surface area contributed by atoms with E-state index in [9.17, 15) is 9.59 Å². The molecular weight excluding hydrogens is 324 g/mol. The van der Waals surface area contributed by atoms with E-state index in [4.69, 9.17) is 4.74 Å². The minimum atomic E-state index is -0.541. The molecule has 0 bridgehead atoms. The van der Waals surface area contributed by atoms with Crippen LogP contribution < -0.4 is 5.32 Å². The number of hydrogen-bond donors (Lipinski definition) is 2. The van der Waals surface area contributed by atoms with Gasteiger partial charge in [-0.1, -0.05) is 0 Å². The zero-order chi connectivity index (χ0) is 18.0. The molecule has 3 rings (SSSR count). The van der Waals surface area contributed by atoms with Gasteiger partial charge in [-0.2, -0.15) is 0 Å². The van der Waals surface area contributed by atoms with Crippen molar-refractivity contribution >= 4 is 23.2 Å². The Morgan fingerprint density at radius 2 is 2.16 bits per heavy atom. The average molecular weight is 346 g/mol. The van der Waals surface area contributed by atoms with E-state index < -0.39 is 5.60 Å². The molecule has 134 valence electrons. The first-order valence-corrected chi connectivity index (χ1v) is 8.27. The summed E-state index contributed by atoms with van der Waals surface area (Å²) in [5, 5.41) is 2.84. The molecule has 1 aliphatic rings. The van der Waals surface area contributed by atoms with Gasteiger partial charge < -0.3 is 19.9 Å². The van der Waals surface area contributed by atoms with E-state index in [1.54, 1.807) is 4.90 Å². The molecule has 2 aromatic heterocycles. The van der Waals surface area contributed by atoms with Crippen molar-refractivity contribution in [3.05, 3.63) is 18.3 Å². The van der Waals surface area contributed by atoms with Gasteiger partial charge in [0.25, 0.3) is 5.91 Å². The Kier molecular flexibility index (Phi) is 4.56. The monoisotopic (exact) mass is 346 g/mol. The standard InChI is InChI=1S/C16H22N6O3/c1-16(2,3)25-15(24)22-6-4-5-10(22)7-17-14(23)12-11-13(20-8-18-11)21-9-19-12/h8-10H,4-7H2,1-3H3,(H,17,23)(H,18,19,20,21). The Hall–Kier alpha value is -2.71. The van der Waals surface area contributed by atoms with E-state index in [1.807, 2.05) is 20.8 Å². The minimum Gasteiger partial charge on any atom is -0.444 e. The third-order valence-electron chi connectivity index (χ3n) is 3.94. The normalized spacial score (nSPS) is 17.7. The summed E-state index contributed by atoms with van der Waals surface area (Å²) in [7, 11) is 0. The fourth-order valence-corrected chi connectivity index (χ4v) is 2.84. The van der Waals surface area contributed by atoms with Crippen LogP contribution in [-0.2, 0) is 4.74 Å². The number of imidazole rings is 1. The van der Waals surface area contributed by atoms with Crippen molar-refractivity contribution in [3.63, 3.8) is 0 Å². The van der Waals surface area contributed by atoms with E-state index >= 15 is 0 Å². The predicted octanol–water partition coefficient (Wildman–Crippen LogP) is 1.48. The van der Waals surface area contributed by atoms with E-state index in [0.29, 0.717) is 24.3 Å². The van der Waals surface area contributed by atoms with Crippen LogP contribution in [0.5, 0.6) is 0 Å². The molecule has 2 amide bonds. The van der Waals surface area contributed by atoms with Crippen LogP contribution in [0.3, 0.4) is 0 Å². The fourth-order valence-electron chi connectivity index (χ4n) is 2.84. The highest BCUT2D eigenvalue weighted by Crippen LogP contribution is 2.20.